The van der Waals surface area contributed by atoms with Crippen molar-refractivity contribution in [3.8, 4) is 5.75 Å². The summed E-state index contributed by atoms with van der Waals surface area (Å²) in [6.07, 6.45) is 1.65. The number of fused-ring (bicyclic) bond motifs is 1. The molecule has 0 saturated carbocycles. The zero-order valence-electron chi connectivity index (χ0n) is 18.2. The average Bonchev–Trinajstić information content (AvgIpc) is 3.34. The highest BCUT2D eigenvalue weighted by molar-refractivity contribution is 6.01. The van der Waals surface area contributed by atoms with Gasteiger partial charge in [-0.2, -0.15) is 0 Å². The van der Waals surface area contributed by atoms with E-state index in [9.17, 15) is 19.2 Å². The fourth-order valence-corrected chi connectivity index (χ4v) is 3.98. The van der Waals surface area contributed by atoms with E-state index in [1.54, 1.807) is 19.1 Å². The van der Waals surface area contributed by atoms with Crippen LogP contribution in [-0.4, -0.2) is 61.4 Å². The van der Waals surface area contributed by atoms with Crippen molar-refractivity contribution in [1.82, 2.24) is 15.5 Å². The highest BCUT2D eigenvalue weighted by Gasteiger charge is 2.41. The van der Waals surface area contributed by atoms with Crippen molar-refractivity contribution in [2.75, 3.05) is 26.8 Å². The van der Waals surface area contributed by atoms with Crippen LogP contribution in [0.2, 0.25) is 0 Å². The molecular formula is C22H29N3O6. The predicted molar refractivity (Wildman–Crippen MR) is 111 cm³/mol. The minimum Gasteiger partial charge on any atom is -0.497 e. The van der Waals surface area contributed by atoms with Crippen molar-refractivity contribution in [2.45, 2.75) is 45.8 Å². The second kappa shape index (κ2) is 9.47. The van der Waals surface area contributed by atoms with E-state index in [4.69, 9.17) is 9.47 Å². The fraction of sp³-hybridized carbons (Fsp3) is 0.545. The number of rotatable bonds is 8. The van der Waals surface area contributed by atoms with Crippen molar-refractivity contribution in [3.05, 3.63) is 29.3 Å². The molecule has 0 radical (unpaired) electrons. The van der Waals surface area contributed by atoms with Gasteiger partial charge in [0, 0.05) is 45.1 Å². The highest BCUT2D eigenvalue weighted by atomic mass is 16.5. The molecule has 0 spiro atoms. The summed E-state index contributed by atoms with van der Waals surface area (Å²) in [5, 5.41) is 5.08. The maximum absolute atomic E-state index is 12.9. The number of ether oxygens (including phenoxy) is 2. The molecule has 9 heteroatoms. The molecule has 2 aliphatic rings. The van der Waals surface area contributed by atoms with Gasteiger partial charge in [0.05, 0.1) is 18.6 Å². The minimum atomic E-state index is -1.28. The molecule has 1 saturated heterocycles. The Morgan fingerprint density at radius 1 is 1.32 bits per heavy atom. The summed E-state index contributed by atoms with van der Waals surface area (Å²) in [5.74, 6) is -1.11. The Morgan fingerprint density at radius 2 is 2.10 bits per heavy atom. The lowest BCUT2D eigenvalue weighted by molar-refractivity contribution is -0.140. The van der Waals surface area contributed by atoms with Crippen LogP contribution < -0.4 is 15.4 Å². The van der Waals surface area contributed by atoms with Crippen LogP contribution in [0.5, 0.6) is 5.75 Å². The summed E-state index contributed by atoms with van der Waals surface area (Å²) in [6, 6.07) is 5.25. The number of hydrogen-bond donors (Lipinski definition) is 2. The Bertz CT molecular complexity index is 880. The molecule has 31 heavy (non-hydrogen) atoms. The number of amides is 4. The van der Waals surface area contributed by atoms with Gasteiger partial charge >= 0.3 is 0 Å². The molecule has 2 atom stereocenters. The number of benzene rings is 1. The van der Waals surface area contributed by atoms with Crippen LogP contribution in [0.1, 0.15) is 49.0 Å². The maximum Gasteiger partial charge on any atom is 0.254 e. The first-order valence-corrected chi connectivity index (χ1v) is 10.4. The molecular weight excluding hydrogens is 402 g/mol. The Labute approximate surface area is 181 Å². The SMILES string of the molecule is COc1ccc2c(c1)C(=O)N(CC(C)(CC(=O)NCC1CCCO1)C(=O)NC(C)=O)C2. The van der Waals surface area contributed by atoms with Gasteiger partial charge in [0.15, 0.2) is 0 Å². The number of nitrogens with one attached hydrogen (secondary N) is 2. The zero-order chi connectivity index (χ0) is 22.6. The molecule has 0 aromatic heterocycles. The number of imide groups is 1. The van der Waals surface area contributed by atoms with Gasteiger partial charge in [-0.15, -0.1) is 0 Å². The molecule has 0 bridgehead atoms. The van der Waals surface area contributed by atoms with Gasteiger partial charge in [-0.1, -0.05) is 6.07 Å². The topological polar surface area (TPSA) is 114 Å². The molecule has 2 unspecified atom stereocenters. The van der Waals surface area contributed by atoms with E-state index in [-0.39, 0.29) is 30.9 Å². The Balaban J connectivity index is 1.72. The third kappa shape index (κ3) is 5.41. The van der Waals surface area contributed by atoms with Gasteiger partial charge in [-0.25, -0.2) is 0 Å². The van der Waals surface area contributed by atoms with Gasteiger partial charge in [0.1, 0.15) is 5.75 Å². The summed E-state index contributed by atoms with van der Waals surface area (Å²) in [5.41, 5.74) is 0.0492. The number of hydrogen-bond acceptors (Lipinski definition) is 6. The summed E-state index contributed by atoms with van der Waals surface area (Å²) in [6.45, 7) is 4.19. The molecule has 1 aromatic rings. The van der Waals surface area contributed by atoms with Crippen LogP contribution in [0.3, 0.4) is 0 Å². The second-order valence-corrected chi connectivity index (χ2v) is 8.37. The smallest absolute Gasteiger partial charge is 0.254 e. The van der Waals surface area contributed by atoms with Crippen molar-refractivity contribution in [1.29, 1.82) is 0 Å². The Hall–Kier alpha value is -2.94. The molecule has 2 N–H and O–H groups in total. The Kier molecular flexibility index (Phi) is 6.94. The average molecular weight is 431 g/mol. The summed E-state index contributed by atoms with van der Waals surface area (Å²) in [7, 11) is 1.53. The lowest BCUT2D eigenvalue weighted by atomic mass is 9.84. The van der Waals surface area contributed by atoms with Crippen molar-refractivity contribution >= 4 is 23.6 Å². The van der Waals surface area contributed by atoms with Gasteiger partial charge in [0.2, 0.25) is 17.7 Å². The minimum absolute atomic E-state index is 0.00467. The quantitative estimate of drug-likeness (QED) is 0.635. The second-order valence-electron chi connectivity index (χ2n) is 8.37. The standard InChI is InChI=1S/C22H29N3O6/c1-14(26)24-21(29)22(2,10-19(27)23-11-17-5-4-8-31-17)13-25-12-15-6-7-16(30-3)9-18(15)20(25)28/h6-7,9,17H,4-5,8,10-13H2,1-3H3,(H,23,27)(H,24,26,29). The molecule has 2 heterocycles. The number of nitrogens with zero attached hydrogens (tertiary/aromatic N) is 1. The van der Waals surface area contributed by atoms with Crippen LogP contribution in [0.25, 0.3) is 0 Å². The first kappa shape index (κ1) is 22.7. The third-order valence-corrected chi connectivity index (χ3v) is 5.68. The van der Waals surface area contributed by atoms with E-state index in [2.05, 4.69) is 10.6 Å². The lowest BCUT2D eigenvalue weighted by Crippen LogP contribution is -2.50. The number of methoxy groups -OCH3 is 1. The van der Waals surface area contributed by atoms with E-state index in [0.717, 1.165) is 18.4 Å². The molecule has 0 aliphatic carbocycles. The van der Waals surface area contributed by atoms with Crippen LogP contribution in [0, 0.1) is 5.41 Å². The summed E-state index contributed by atoms with van der Waals surface area (Å²) in [4.78, 5) is 51.4. The van der Waals surface area contributed by atoms with Gasteiger partial charge in [0.25, 0.3) is 5.91 Å². The van der Waals surface area contributed by atoms with Crippen LogP contribution >= 0.6 is 0 Å². The lowest BCUT2D eigenvalue weighted by Gasteiger charge is -2.32. The van der Waals surface area contributed by atoms with Gasteiger partial charge in [-0.05, 0) is 37.5 Å². The van der Waals surface area contributed by atoms with Crippen molar-refractivity contribution in [2.24, 2.45) is 5.41 Å². The summed E-state index contributed by atoms with van der Waals surface area (Å²) >= 11 is 0. The van der Waals surface area contributed by atoms with E-state index in [1.807, 2.05) is 6.07 Å². The molecule has 1 aromatic carbocycles. The normalized spacial score (nSPS) is 19.5. The molecule has 9 nitrogen and oxygen atoms in total. The summed E-state index contributed by atoms with van der Waals surface area (Å²) < 4.78 is 10.7. The van der Waals surface area contributed by atoms with E-state index < -0.39 is 17.2 Å². The maximum atomic E-state index is 12.9. The number of carbonyl (C=O) groups is 4. The zero-order valence-corrected chi connectivity index (χ0v) is 18.2. The van der Waals surface area contributed by atoms with Crippen molar-refractivity contribution < 1.29 is 28.7 Å². The van der Waals surface area contributed by atoms with Crippen molar-refractivity contribution in [3.63, 3.8) is 0 Å². The number of carbonyl (C=O) groups excluding carboxylic acids is 4. The van der Waals surface area contributed by atoms with Crippen LogP contribution in [-0.2, 0) is 25.7 Å². The monoisotopic (exact) mass is 431 g/mol. The van der Waals surface area contributed by atoms with Gasteiger partial charge < -0.3 is 19.7 Å². The Morgan fingerprint density at radius 3 is 2.74 bits per heavy atom. The van der Waals surface area contributed by atoms with Gasteiger partial charge in [-0.3, -0.25) is 24.5 Å². The molecule has 168 valence electrons. The first-order chi connectivity index (χ1) is 14.7. The van der Waals surface area contributed by atoms with E-state index in [0.29, 0.717) is 31.0 Å². The predicted octanol–water partition coefficient (Wildman–Crippen LogP) is 1.01. The first-order valence-electron chi connectivity index (χ1n) is 10.4. The highest BCUT2D eigenvalue weighted by Crippen LogP contribution is 2.31. The molecule has 3 rings (SSSR count). The molecule has 2 aliphatic heterocycles. The van der Waals surface area contributed by atoms with E-state index >= 15 is 0 Å². The largest absolute Gasteiger partial charge is 0.497 e. The van der Waals surface area contributed by atoms with Crippen LogP contribution in [0.15, 0.2) is 18.2 Å². The van der Waals surface area contributed by atoms with E-state index in [1.165, 1.54) is 18.9 Å². The third-order valence-electron chi connectivity index (χ3n) is 5.68. The fourth-order valence-electron chi connectivity index (χ4n) is 3.98. The molecule has 4 amide bonds. The van der Waals surface area contributed by atoms with Crippen LogP contribution in [0.4, 0.5) is 0 Å². The molecule has 1 fully saturated rings.